The summed E-state index contributed by atoms with van der Waals surface area (Å²) in [6, 6.07) is 4.60. The molecule has 150 valence electrons. The second kappa shape index (κ2) is 7.84. The predicted molar refractivity (Wildman–Crippen MR) is 95.5 cm³/mol. The molecular weight excluding hydrogens is 376 g/mol. The topological polar surface area (TPSA) is 83.5 Å². The molecule has 1 atom stereocenters. The molecule has 1 unspecified atom stereocenters. The number of aliphatic hydroxyl groups is 1. The van der Waals surface area contributed by atoms with Gasteiger partial charge >= 0.3 is 5.92 Å². The predicted octanol–water partition coefficient (Wildman–Crippen LogP) is 2.78. The number of nitrogens with zero attached hydrogens (tertiary/aromatic N) is 2. The fraction of sp³-hybridized carbons (Fsp3) is 0.368. The second-order valence-electron chi connectivity index (χ2n) is 6.89. The molecule has 2 aromatic rings. The molecule has 1 heterocycles. The van der Waals surface area contributed by atoms with Crippen LogP contribution < -0.4 is 11.3 Å². The van der Waals surface area contributed by atoms with Crippen LogP contribution in [0.25, 0.3) is 0 Å². The summed E-state index contributed by atoms with van der Waals surface area (Å²) in [7, 11) is 0. The highest BCUT2D eigenvalue weighted by atomic mass is 19.3. The fourth-order valence-corrected chi connectivity index (χ4v) is 3.01. The Morgan fingerprint density at radius 2 is 2.00 bits per heavy atom. The maximum absolute atomic E-state index is 15.3. The number of benzene rings is 1. The summed E-state index contributed by atoms with van der Waals surface area (Å²) < 4.78 is 58.1. The van der Waals surface area contributed by atoms with E-state index in [-0.39, 0.29) is 0 Å². The molecule has 0 bridgehead atoms. The molecule has 3 rings (SSSR count). The Bertz CT molecular complexity index is 856. The lowest BCUT2D eigenvalue weighted by Crippen LogP contribution is -2.47. The molecule has 5 nitrogen and oxygen atoms in total. The van der Waals surface area contributed by atoms with Crippen molar-refractivity contribution in [3.05, 3.63) is 65.0 Å². The summed E-state index contributed by atoms with van der Waals surface area (Å²) in [5.74, 6) is -0.715. The van der Waals surface area contributed by atoms with E-state index in [0.29, 0.717) is 12.0 Å². The molecule has 1 aromatic carbocycles. The third-order valence-electron chi connectivity index (χ3n) is 4.75. The van der Waals surface area contributed by atoms with Gasteiger partial charge in [0.05, 0.1) is 12.9 Å². The van der Waals surface area contributed by atoms with E-state index in [2.05, 4.69) is 9.98 Å². The highest BCUT2D eigenvalue weighted by molar-refractivity contribution is 5.53. The van der Waals surface area contributed by atoms with Crippen molar-refractivity contribution in [3.8, 4) is 0 Å². The van der Waals surface area contributed by atoms with Gasteiger partial charge in [-0.15, -0.1) is 0 Å². The molecule has 0 spiro atoms. The van der Waals surface area contributed by atoms with E-state index in [1.54, 1.807) is 0 Å². The lowest BCUT2D eigenvalue weighted by Gasteiger charge is -2.35. The third-order valence-corrected chi connectivity index (χ3v) is 4.75. The number of alkyl halides is 2. The van der Waals surface area contributed by atoms with Crippen molar-refractivity contribution in [1.82, 2.24) is 10.4 Å². The quantitative estimate of drug-likeness (QED) is 0.211. The van der Waals surface area contributed by atoms with Crippen LogP contribution in [0.15, 0.2) is 41.5 Å². The molecule has 4 N–H and O–H groups in total. The van der Waals surface area contributed by atoms with Crippen molar-refractivity contribution < 1.29 is 22.7 Å². The van der Waals surface area contributed by atoms with E-state index >= 15 is 8.78 Å². The lowest BCUT2D eigenvalue weighted by molar-refractivity contribution is -0.193. The molecule has 0 amide bonds. The minimum atomic E-state index is -4.02. The number of nitrogens with one attached hydrogen (secondary N) is 1. The number of hydrogen-bond acceptors (Lipinski definition) is 4. The summed E-state index contributed by atoms with van der Waals surface area (Å²) in [5.41, 5.74) is -1.81. The molecule has 1 fully saturated rings. The van der Waals surface area contributed by atoms with Crippen molar-refractivity contribution >= 4 is 6.34 Å². The van der Waals surface area contributed by atoms with Gasteiger partial charge in [0.25, 0.3) is 0 Å². The first-order valence-electron chi connectivity index (χ1n) is 8.73. The molecule has 9 heteroatoms. The van der Waals surface area contributed by atoms with E-state index in [1.165, 1.54) is 12.3 Å². The first-order chi connectivity index (χ1) is 13.3. The Morgan fingerprint density at radius 3 is 2.57 bits per heavy atom. The van der Waals surface area contributed by atoms with E-state index in [0.717, 1.165) is 49.4 Å². The van der Waals surface area contributed by atoms with Crippen LogP contribution in [0.2, 0.25) is 0 Å². The number of hydrogen-bond donors (Lipinski definition) is 3. The average molecular weight is 396 g/mol. The SMILES string of the molecule is NNC=NCC(O)(c1ccc(F)cc1F)C(F)(F)c1ccc(CC2CC2)cn1. The molecule has 1 aromatic heterocycles. The summed E-state index contributed by atoms with van der Waals surface area (Å²) in [6.07, 6.45) is 5.17. The van der Waals surface area contributed by atoms with Crippen molar-refractivity contribution in [1.29, 1.82) is 0 Å². The number of halogens is 4. The number of rotatable bonds is 8. The van der Waals surface area contributed by atoms with Gasteiger partial charge in [-0.05, 0) is 48.9 Å². The van der Waals surface area contributed by atoms with Gasteiger partial charge < -0.3 is 10.5 Å². The average Bonchev–Trinajstić information content (AvgIpc) is 3.46. The summed E-state index contributed by atoms with van der Waals surface area (Å²) in [5, 5.41) is 10.9. The molecule has 28 heavy (non-hydrogen) atoms. The molecule has 0 saturated heterocycles. The number of aromatic nitrogens is 1. The molecular formula is C19H20F4N4O. The Hall–Kier alpha value is -2.52. The Morgan fingerprint density at radius 1 is 1.25 bits per heavy atom. The van der Waals surface area contributed by atoms with Gasteiger partial charge in [-0.25, -0.2) is 14.6 Å². The molecule has 1 saturated carbocycles. The zero-order valence-electron chi connectivity index (χ0n) is 14.9. The number of aliphatic imine (C=N–C) groups is 1. The van der Waals surface area contributed by atoms with Crippen LogP contribution >= 0.6 is 0 Å². The van der Waals surface area contributed by atoms with E-state index in [1.807, 2.05) is 5.43 Å². The fourth-order valence-electron chi connectivity index (χ4n) is 3.01. The van der Waals surface area contributed by atoms with Crippen LogP contribution in [0.5, 0.6) is 0 Å². The van der Waals surface area contributed by atoms with Crippen LogP contribution in [0.3, 0.4) is 0 Å². The highest BCUT2D eigenvalue weighted by Gasteiger charge is 2.57. The van der Waals surface area contributed by atoms with Crippen LogP contribution in [0.1, 0.15) is 29.7 Å². The maximum Gasteiger partial charge on any atom is 0.323 e. The van der Waals surface area contributed by atoms with Gasteiger partial charge in [0.2, 0.25) is 0 Å². The van der Waals surface area contributed by atoms with E-state index in [4.69, 9.17) is 5.84 Å². The van der Waals surface area contributed by atoms with Gasteiger partial charge in [0.15, 0.2) is 5.60 Å². The summed E-state index contributed by atoms with van der Waals surface area (Å²) in [6.45, 7) is -0.932. The summed E-state index contributed by atoms with van der Waals surface area (Å²) >= 11 is 0. The van der Waals surface area contributed by atoms with Crippen LogP contribution in [0, 0.1) is 17.6 Å². The van der Waals surface area contributed by atoms with Crippen LogP contribution in [-0.2, 0) is 17.9 Å². The van der Waals surface area contributed by atoms with Crippen LogP contribution in [-0.4, -0.2) is 23.0 Å². The Kier molecular flexibility index (Phi) is 5.66. The summed E-state index contributed by atoms with van der Waals surface area (Å²) in [4.78, 5) is 7.38. The minimum absolute atomic E-state index is 0.424. The number of nitrogens with two attached hydrogens (primary N) is 1. The molecule has 1 aliphatic carbocycles. The van der Waals surface area contributed by atoms with Crippen molar-refractivity contribution in [2.24, 2.45) is 16.8 Å². The van der Waals surface area contributed by atoms with E-state index in [9.17, 15) is 13.9 Å². The van der Waals surface area contributed by atoms with Gasteiger partial charge in [-0.2, -0.15) is 8.78 Å². The Labute approximate surface area is 159 Å². The van der Waals surface area contributed by atoms with E-state index < -0.39 is 41.0 Å². The molecule has 0 radical (unpaired) electrons. The first-order valence-corrected chi connectivity index (χ1v) is 8.73. The number of hydrazine groups is 1. The maximum atomic E-state index is 15.3. The minimum Gasteiger partial charge on any atom is -0.377 e. The van der Waals surface area contributed by atoms with Gasteiger partial charge in [0.1, 0.15) is 17.3 Å². The zero-order valence-corrected chi connectivity index (χ0v) is 14.9. The second-order valence-corrected chi connectivity index (χ2v) is 6.89. The highest BCUT2D eigenvalue weighted by Crippen LogP contribution is 2.46. The first kappa shape index (κ1) is 20.2. The van der Waals surface area contributed by atoms with Crippen molar-refractivity contribution in [2.75, 3.05) is 6.54 Å². The largest absolute Gasteiger partial charge is 0.377 e. The smallest absolute Gasteiger partial charge is 0.323 e. The van der Waals surface area contributed by atoms with Gasteiger partial charge in [-0.3, -0.25) is 9.98 Å². The van der Waals surface area contributed by atoms with Crippen molar-refractivity contribution in [2.45, 2.75) is 30.8 Å². The molecule has 1 aliphatic rings. The normalized spacial score (nSPS) is 16.9. The third kappa shape index (κ3) is 4.00. The zero-order chi connectivity index (χ0) is 20.4. The van der Waals surface area contributed by atoms with Crippen molar-refractivity contribution in [3.63, 3.8) is 0 Å². The number of pyridine rings is 1. The Balaban J connectivity index is 2.00. The molecule has 0 aliphatic heterocycles. The van der Waals surface area contributed by atoms with Crippen LogP contribution in [0.4, 0.5) is 17.6 Å². The van der Waals surface area contributed by atoms with Gasteiger partial charge in [-0.1, -0.05) is 6.07 Å². The van der Waals surface area contributed by atoms with Gasteiger partial charge in [0, 0.05) is 17.8 Å². The monoisotopic (exact) mass is 396 g/mol. The lowest BCUT2D eigenvalue weighted by atomic mass is 9.84. The standard InChI is InChI=1S/C19H20F4N4O/c20-14-4-5-15(16(21)8-14)18(28,10-25-11-27-24)19(22,23)17-6-3-13(9-26-17)7-12-1-2-12/h3-6,8-9,11-12,28H,1-2,7,10,24H2,(H,25,27).